The molecule has 0 heterocycles. The number of nitrogen functional groups attached to an aromatic ring is 1. The number of nitrogens with two attached hydrogens (primary N) is 1. The maximum atomic E-state index is 12.2. The third kappa shape index (κ3) is 3.37. The van der Waals surface area contributed by atoms with Crippen LogP contribution < -0.4 is 5.73 Å². The highest BCUT2D eigenvalue weighted by Crippen LogP contribution is 2.21. The molecule has 0 aliphatic rings. The summed E-state index contributed by atoms with van der Waals surface area (Å²) >= 11 is 0. The van der Waals surface area contributed by atoms with Gasteiger partial charge in [0.2, 0.25) is 0 Å². The SMILES string of the molecule is Cc1ccc(S(=O)(=O)CC(O)c2cccc(N)c2)cc1. The number of hydrogen-bond donors (Lipinski definition) is 2. The lowest BCUT2D eigenvalue weighted by Crippen LogP contribution is -2.15. The Bertz CT molecular complexity index is 693. The largest absolute Gasteiger partial charge is 0.399 e. The van der Waals surface area contributed by atoms with Crippen molar-refractivity contribution in [3.63, 3.8) is 0 Å². The van der Waals surface area contributed by atoms with E-state index in [1.165, 1.54) is 0 Å². The van der Waals surface area contributed by atoms with E-state index < -0.39 is 15.9 Å². The number of aliphatic hydroxyl groups is 1. The zero-order chi connectivity index (χ0) is 14.8. The summed E-state index contributed by atoms with van der Waals surface area (Å²) in [6.45, 7) is 1.89. The normalized spacial score (nSPS) is 13.1. The number of aliphatic hydroxyl groups excluding tert-OH is 1. The van der Waals surface area contributed by atoms with E-state index in [9.17, 15) is 13.5 Å². The third-order valence-electron chi connectivity index (χ3n) is 3.05. The fraction of sp³-hybridized carbons (Fsp3) is 0.200. The predicted octanol–water partition coefficient (Wildman–Crippen LogP) is 2.08. The van der Waals surface area contributed by atoms with Gasteiger partial charge in [-0.2, -0.15) is 0 Å². The Kier molecular flexibility index (Phi) is 4.11. The van der Waals surface area contributed by atoms with Gasteiger partial charge in [-0.15, -0.1) is 0 Å². The van der Waals surface area contributed by atoms with Crippen molar-refractivity contribution in [2.24, 2.45) is 0 Å². The molecule has 0 saturated carbocycles. The van der Waals surface area contributed by atoms with E-state index in [1.807, 2.05) is 6.92 Å². The highest BCUT2D eigenvalue weighted by Gasteiger charge is 2.20. The molecule has 2 rings (SSSR count). The Balaban J connectivity index is 2.22. The molecule has 20 heavy (non-hydrogen) atoms. The van der Waals surface area contributed by atoms with Crippen molar-refractivity contribution in [1.29, 1.82) is 0 Å². The third-order valence-corrected chi connectivity index (χ3v) is 4.80. The second-order valence-electron chi connectivity index (χ2n) is 4.78. The summed E-state index contributed by atoms with van der Waals surface area (Å²) in [5.41, 5.74) is 7.61. The molecule has 5 heteroatoms. The van der Waals surface area contributed by atoms with Gasteiger partial charge in [0, 0.05) is 5.69 Å². The van der Waals surface area contributed by atoms with Crippen LogP contribution in [0.25, 0.3) is 0 Å². The van der Waals surface area contributed by atoms with E-state index in [0.717, 1.165) is 5.56 Å². The number of rotatable bonds is 4. The maximum Gasteiger partial charge on any atom is 0.181 e. The molecule has 106 valence electrons. The second kappa shape index (κ2) is 5.64. The summed E-state index contributed by atoms with van der Waals surface area (Å²) in [5, 5.41) is 10.1. The summed E-state index contributed by atoms with van der Waals surface area (Å²) in [7, 11) is -3.53. The lowest BCUT2D eigenvalue weighted by atomic mass is 10.1. The summed E-state index contributed by atoms with van der Waals surface area (Å²) in [4.78, 5) is 0.214. The van der Waals surface area contributed by atoms with Crippen LogP contribution in [0.2, 0.25) is 0 Å². The van der Waals surface area contributed by atoms with Crippen molar-refractivity contribution in [1.82, 2.24) is 0 Å². The quantitative estimate of drug-likeness (QED) is 0.845. The van der Waals surface area contributed by atoms with E-state index in [2.05, 4.69) is 0 Å². The monoisotopic (exact) mass is 291 g/mol. The van der Waals surface area contributed by atoms with Crippen molar-refractivity contribution in [3.8, 4) is 0 Å². The molecule has 2 aromatic carbocycles. The van der Waals surface area contributed by atoms with Gasteiger partial charge in [-0.05, 0) is 36.8 Å². The van der Waals surface area contributed by atoms with Crippen molar-refractivity contribution >= 4 is 15.5 Å². The van der Waals surface area contributed by atoms with Crippen LogP contribution in [0, 0.1) is 6.92 Å². The second-order valence-corrected chi connectivity index (χ2v) is 6.81. The van der Waals surface area contributed by atoms with Crippen molar-refractivity contribution in [3.05, 3.63) is 59.7 Å². The van der Waals surface area contributed by atoms with Gasteiger partial charge in [0.25, 0.3) is 0 Å². The van der Waals surface area contributed by atoms with Gasteiger partial charge in [-0.25, -0.2) is 8.42 Å². The minimum atomic E-state index is -3.53. The highest BCUT2D eigenvalue weighted by atomic mass is 32.2. The van der Waals surface area contributed by atoms with Crippen LogP contribution in [-0.2, 0) is 9.84 Å². The van der Waals surface area contributed by atoms with Crippen LogP contribution in [0.4, 0.5) is 5.69 Å². The Morgan fingerprint density at radius 2 is 1.80 bits per heavy atom. The predicted molar refractivity (Wildman–Crippen MR) is 79.0 cm³/mol. The van der Waals surface area contributed by atoms with Gasteiger partial charge >= 0.3 is 0 Å². The maximum absolute atomic E-state index is 12.2. The van der Waals surface area contributed by atoms with Gasteiger partial charge in [-0.1, -0.05) is 29.8 Å². The zero-order valence-corrected chi connectivity index (χ0v) is 12.0. The van der Waals surface area contributed by atoms with E-state index >= 15 is 0 Å². The molecular formula is C15H17NO3S. The molecule has 2 aromatic rings. The van der Waals surface area contributed by atoms with Crippen LogP contribution in [0.3, 0.4) is 0 Å². The van der Waals surface area contributed by atoms with Crippen LogP contribution in [0.15, 0.2) is 53.4 Å². The summed E-state index contributed by atoms with van der Waals surface area (Å²) in [6, 6.07) is 13.2. The van der Waals surface area contributed by atoms with Gasteiger partial charge in [-0.3, -0.25) is 0 Å². The zero-order valence-electron chi connectivity index (χ0n) is 11.2. The molecule has 0 amide bonds. The van der Waals surface area contributed by atoms with Gasteiger partial charge in [0.05, 0.1) is 16.8 Å². The Labute approximate surface area is 118 Å². The van der Waals surface area contributed by atoms with Gasteiger partial charge in [0.15, 0.2) is 9.84 Å². The minimum Gasteiger partial charge on any atom is -0.399 e. The molecule has 0 saturated heterocycles. The molecule has 0 spiro atoms. The first kappa shape index (κ1) is 14.6. The number of aryl methyl sites for hydroxylation is 1. The van der Waals surface area contributed by atoms with Crippen LogP contribution in [-0.4, -0.2) is 19.3 Å². The lowest BCUT2D eigenvalue weighted by Gasteiger charge is -2.12. The van der Waals surface area contributed by atoms with Crippen LogP contribution in [0.5, 0.6) is 0 Å². The fourth-order valence-corrected chi connectivity index (χ4v) is 3.26. The molecule has 0 aliphatic carbocycles. The standard InChI is InChI=1S/C15H17NO3S/c1-11-5-7-14(8-6-11)20(18,19)10-15(17)12-3-2-4-13(16)9-12/h2-9,15,17H,10,16H2,1H3. The molecule has 0 fully saturated rings. The minimum absolute atomic E-state index is 0.214. The van der Waals surface area contributed by atoms with Crippen molar-refractivity contribution < 1.29 is 13.5 Å². The topological polar surface area (TPSA) is 80.4 Å². The molecule has 1 atom stereocenters. The number of anilines is 1. The summed E-state index contributed by atoms with van der Waals surface area (Å²) in [6.07, 6.45) is -1.09. The Morgan fingerprint density at radius 1 is 1.15 bits per heavy atom. The van der Waals surface area contributed by atoms with Crippen LogP contribution in [0.1, 0.15) is 17.2 Å². The van der Waals surface area contributed by atoms with Crippen molar-refractivity contribution in [2.75, 3.05) is 11.5 Å². The molecule has 1 unspecified atom stereocenters. The smallest absolute Gasteiger partial charge is 0.181 e. The first-order valence-corrected chi connectivity index (χ1v) is 7.86. The summed E-state index contributed by atoms with van der Waals surface area (Å²) in [5.74, 6) is -0.362. The molecule has 0 aromatic heterocycles. The van der Waals surface area contributed by atoms with Gasteiger partial charge in [0.1, 0.15) is 0 Å². The molecule has 3 N–H and O–H groups in total. The number of hydrogen-bond acceptors (Lipinski definition) is 4. The number of benzene rings is 2. The average Bonchev–Trinajstić information content (AvgIpc) is 2.38. The van der Waals surface area contributed by atoms with Crippen LogP contribution >= 0.6 is 0 Å². The number of sulfone groups is 1. The first-order chi connectivity index (χ1) is 9.38. The van der Waals surface area contributed by atoms with E-state index in [4.69, 9.17) is 5.73 Å². The van der Waals surface area contributed by atoms with Gasteiger partial charge < -0.3 is 10.8 Å². The van der Waals surface area contributed by atoms with E-state index in [0.29, 0.717) is 11.3 Å². The molecule has 0 radical (unpaired) electrons. The Morgan fingerprint density at radius 3 is 2.40 bits per heavy atom. The molecule has 4 nitrogen and oxygen atoms in total. The lowest BCUT2D eigenvalue weighted by molar-refractivity contribution is 0.201. The molecule has 0 bridgehead atoms. The van der Waals surface area contributed by atoms with Crippen molar-refractivity contribution in [2.45, 2.75) is 17.9 Å². The van der Waals surface area contributed by atoms with E-state index in [-0.39, 0.29) is 10.6 Å². The molecular weight excluding hydrogens is 274 g/mol. The Hall–Kier alpha value is -1.85. The fourth-order valence-electron chi connectivity index (χ4n) is 1.91. The van der Waals surface area contributed by atoms with E-state index in [1.54, 1.807) is 48.5 Å². The average molecular weight is 291 g/mol. The summed E-state index contributed by atoms with van der Waals surface area (Å²) < 4.78 is 24.4. The molecule has 0 aliphatic heterocycles. The highest BCUT2D eigenvalue weighted by molar-refractivity contribution is 7.91. The first-order valence-electron chi connectivity index (χ1n) is 6.21.